The number of benzene rings is 2. The largest absolute Gasteiger partial charge is 0.355 e. The average molecular weight is 440 g/mol. The molecule has 0 saturated carbocycles. The van der Waals surface area contributed by atoms with Crippen LogP contribution in [-0.4, -0.2) is 36.4 Å². The van der Waals surface area contributed by atoms with Crippen LogP contribution in [0.3, 0.4) is 0 Å². The summed E-state index contributed by atoms with van der Waals surface area (Å²) < 4.78 is 32.7. The molecule has 1 aromatic heterocycles. The topological polar surface area (TPSA) is 92.5 Å². The molecule has 1 aliphatic rings. The zero-order valence-electron chi connectivity index (χ0n) is 17.5. The molecule has 1 fully saturated rings. The minimum absolute atomic E-state index is 0.00646. The van der Waals surface area contributed by atoms with Crippen LogP contribution in [0.5, 0.6) is 0 Å². The van der Waals surface area contributed by atoms with Crippen LogP contribution >= 0.6 is 0 Å². The number of anilines is 1. The summed E-state index contributed by atoms with van der Waals surface area (Å²) in [5.41, 5.74) is 2.59. The minimum Gasteiger partial charge on any atom is -0.355 e. The van der Waals surface area contributed by atoms with E-state index in [-0.39, 0.29) is 16.6 Å². The Morgan fingerprint density at radius 3 is 2.48 bits per heavy atom. The normalized spacial score (nSPS) is 17.4. The van der Waals surface area contributed by atoms with Gasteiger partial charge in [0.2, 0.25) is 10.0 Å². The summed E-state index contributed by atoms with van der Waals surface area (Å²) in [7, 11) is -3.55. The van der Waals surface area contributed by atoms with Crippen LogP contribution in [0.1, 0.15) is 42.2 Å². The van der Waals surface area contributed by atoms with Gasteiger partial charge in [0.1, 0.15) is 0 Å². The second kappa shape index (κ2) is 8.64. The summed E-state index contributed by atoms with van der Waals surface area (Å²) in [4.78, 5) is 12.7. The molecular formula is C23H25N3O4S. The van der Waals surface area contributed by atoms with Gasteiger partial charge >= 0.3 is 0 Å². The Morgan fingerprint density at radius 1 is 1.10 bits per heavy atom. The molecule has 2 heterocycles. The molecule has 0 aliphatic carbocycles. The molecule has 31 heavy (non-hydrogen) atoms. The van der Waals surface area contributed by atoms with E-state index in [2.05, 4.69) is 10.5 Å². The first kappa shape index (κ1) is 21.3. The van der Waals surface area contributed by atoms with Crippen LogP contribution in [0.15, 0.2) is 64.0 Å². The van der Waals surface area contributed by atoms with Gasteiger partial charge in [-0.3, -0.25) is 4.79 Å². The Bertz CT molecular complexity index is 1170. The van der Waals surface area contributed by atoms with Crippen LogP contribution in [0.4, 0.5) is 5.69 Å². The van der Waals surface area contributed by atoms with Crippen LogP contribution in [0, 0.1) is 6.92 Å². The smallest absolute Gasteiger partial charge is 0.277 e. The molecule has 8 heteroatoms. The first-order chi connectivity index (χ1) is 14.8. The van der Waals surface area contributed by atoms with Crippen molar-refractivity contribution in [1.29, 1.82) is 0 Å². The standard InChI is InChI=1S/C23H25N3O4S/c1-16-6-8-18(9-7-16)22-15-21(25-30-22)23(27)24-19-10-12-20(13-11-19)31(28,29)26-14-4-3-5-17(26)2/h6-13,15,17H,3-5,14H2,1-2H3,(H,24,27)/t17-/m1/s1. The van der Waals surface area contributed by atoms with E-state index in [1.54, 1.807) is 22.5 Å². The Labute approximate surface area is 182 Å². The number of amides is 1. The summed E-state index contributed by atoms with van der Waals surface area (Å²) >= 11 is 0. The van der Waals surface area contributed by atoms with Gasteiger partial charge < -0.3 is 9.84 Å². The lowest BCUT2D eigenvalue weighted by atomic mass is 10.1. The molecule has 1 amide bonds. The van der Waals surface area contributed by atoms with E-state index >= 15 is 0 Å². The summed E-state index contributed by atoms with van der Waals surface area (Å²) in [6.45, 7) is 4.47. The maximum atomic E-state index is 12.9. The van der Waals surface area contributed by atoms with E-state index in [1.165, 1.54) is 12.1 Å². The molecule has 162 valence electrons. The maximum absolute atomic E-state index is 12.9. The number of carbonyl (C=O) groups excluding carboxylic acids is 1. The second-order valence-corrected chi connectivity index (χ2v) is 9.77. The van der Waals surface area contributed by atoms with Gasteiger partial charge in [0.25, 0.3) is 5.91 Å². The van der Waals surface area contributed by atoms with Crippen molar-refractivity contribution >= 4 is 21.6 Å². The van der Waals surface area contributed by atoms with E-state index in [1.807, 2.05) is 38.1 Å². The lowest BCUT2D eigenvalue weighted by Crippen LogP contribution is -2.41. The molecule has 0 bridgehead atoms. The van der Waals surface area contributed by atoms with Gasteiger partial charge in [-0.2, -0.15) is 4.31 Å². The predicted octanol–water partition coefficient (Wildman–Crippen LogP) is 4.47. The van der Waals surface area contributed by atoms with Crippen molar-refractivity contribution in [3.8, 4) is 11.3 Å². The highest BCUT2D eigenvalue weighted by Crippen LogP contribution is 2.26. The van der Waals surface area contributed by atoms with Gasteiger partial charge in [-0.15, -0.1) is 0 Å². The van der Waals surface area contributed by atoms with Gasteiger partial charge in [0.05, 0.1) is 4.90 Å². The number of hydrogen-bond acceptors (Lipinski definition) is 5. The van der Waals surface area contributed by atoms with Gasteiger partial charge in [0, 0.05) is 29.9 Å². The molecule has 0 spiro atoms. The van der Waals surface area contributed by atoms with Crippen molar-refractivity contribution < 1.29 is 17.7 Å². The lowest BCUT2D eigenvalue weighted by Gasteiger charge is -2.32. The molecule has 1 aliphatic heterocycles. The van der Waals surface area contributed by atoms with Crippen LogP contribution in [-0.2, 0) is 10.0 Å². The van der Waals surface area contributed by atoms with Crippen LogP contribution in [0.25, 0.3) is 11.3 Å². The highest BCUT2D eigenvalue weighted by atomic mass is 32.2. The third kappa shape index (κ3) is 4.55. The number of aryl methyl sites for hydroxylation is 1. The van der Waals surface area contributed by atoms with Crippen molar-refractivity contribution in [3.05, 3.63) is 65.9 Å². The maximum Gasteiger partial charge on any atom is 0.277 e. The number of nitrogens with one attached hydrogen (secondary N) is 1. The third-order valence-electron chi connectivity index (χ3n) is 5.54. The van der Waals surface area contributed by atoms with Gasteiger partial charge in [-0.05, 0) is 51.0 Å². The number of hydrogen-bond donors (Lipinski definition) is 1. The zero-order chi connectivity index (χ0) is 22.0. The van der Waals surface area contributed by atoms with Crippen molar-refractivity contribution in [2.75, 3.05) is 11.9 Å². The molecule has 0 radical (unpaired) electrons. The fraction of sp³-hybridized carbons (Fsp3) is 0.304. The number of aromatic nitrogens is 1. The fourth-order valence-corrected chi connectivity index (χ4v) is 5.41. The summed E-state index contributed by atoms with van der Waals surface area (Å²) in [6.07, 6.45) is 2.79. The van der Waals surface area contributed by atoms with Gasteiger partial charge in [-0.1, -0.05) is 41.4 Å². The Morgan fingerprint density at radius 2 is 1.81 bits per heavy atom. The average Bonchev–Trinajstić information content (AvgIpc) is 3.25. The molecule has 1 N–H and O–H groups in total. The number of sulfonamides is 1. The Kier molecular flexibility index (Phi) is 5.93. The fourth-order valence-electron chi connectivity index (χ4n) is 3.71. The summed E-state index contributed by atoms with van der Waals surface area (Å²) in [6, 6.07) is 15.5. The van der Waals surface area contributed by atoms with Crippen LogP contribution < -0.4 is 5.32 Å². The molecule has 0 unspecified atom stereocenters. The highest BCUT2D eigenvalue weighted by Gasteiger charge is 2.30. The Hall–Kier alpha value is -2.97. The van der Waals surface area contributed by atoms with Crippen molar-refractivity contribution in [2.24, 2.45) is 0 Å². The highest BCUT2D eigenvalue weighted by molar-refractivity contribution is 7.89. The molecule has 1 saturated heterocycles. The first-order valence-corrected chi connectivity index (χ1v) is 11.8. The van der Waals surface area contributed by atoms with Crippen molar-refractivity contribution in [3.63, 3.8) is 0 Å². The van der Waals surface area contributed by atoms with E-state index in [0.717, 1.165) is 30.4 Å². The molecule has 3 aromatic rings. The van der Waals surface area contributed by atoms with E-state index in [9.17, 15) is 13.2 Å². The van der Waals surface area contributed by atoms with Crippen molar-refractivity contribution in [1.82, 2.24) is 9.46 Å². The number of piperidine rings is 1. The summed E-state index contributed by atoms with van der Waals surface area (Å²) in [5, 5.41) is 6.58. The first-order valence-electron chi connectivity index (χ1n) is 10.3. The van der Waals surface area contributed by atoms with E-state index in [4.69, 9.17) is 4.52 Å². The number of nitrogens with zero attached hydrogens (tertiary/aromatic N) is 2. The lowest BCUT2D eigenvalue weighted by molar-refractivity contribution is 0.101. The molecular weight excluding hydrogens is 414 g/mol. The van der Waals surface area contributed by atoms with Crippen molar-refractivity contribution in [2.45, 2.75) is 44.0 Å². The van der Waals surface area contributed by atoms with E-state index < -0.39 is 15.9 Å². The summed E-state index contributed by atoms with van der Waals surface area (Å²) in [5.74, 6) is 0.0737. The monoisotopic (exact) mass is 439 g/mol. The molecule has 2 aromatic carbocycles. The molecule has 1 atom stereocenters. The van der Waals surface area contributed by atoms with Gasteiger partial charge in [-0.25, -0.2) is 8.42 Å². The third-order valence-corrected chi connectivity index (χ3v) is 7.57. The SMILES string of the molecule is Cc1ccc(-c2cc(C(=O)Nc3ccc(S(=O)(=O)N4CCCC[C@H]4C)cc3)no2)cc1. The second-order valence-electron chi connectivity index (χ2n) is 7.88. The molecule has 7 nitrogen and oxygen atoms in total. The van der Waals surface area contributed by atoms with E-state index in [0.29, 0.717) is 18.0 Å². The predicted molar refractivity (Wildman–Crippen MR) is 118 cm³/mol. The Balaban J connectivity index is 1.45. The number of carbonyl (C=O) groups is 1. The van der Waals surface area contributed by atoms with Gasteiger partial charge in [0.15, 0.2) is 11.5 Å². The van der Waals surface area contributed by atoms with Crippen LogP contribution in [0.2, 0.25) is 0 Å². The minimum atomic E-state index is -3.55. The quantitative estimate of drug-likeness (QED) is 0.633. The zero-order valence-corrected chi connectivity index (χ0v) is 18.4. The molecule has 4 rings (SSSR count). The number of rotatable bonds is 5.